The highest BCUT2D eigenvalue weighted by molar-refractivity contribution is 5.79. The smallest absolute Gasteiger partial charge is 0.221 e. The highest BCUT2D eigenvalue weighted by Gasteiger charge is 2.15. The quantitative estimate of drug-likeness (QED) is 0.0283. The van der Waals surface area contributed by atoms with Gasteiger partial charge in [-0.05, 0) is 13.0 Å². The molecule has 0 unspecified atom stereocenters. The van der Waals surface area contributed by atoms with E-state index >= 15 is 0 Å². The van der Waals surface area contributed by atoms with Gasteiger partial charge in [0, 0.05) is 150 Å². The number of carbonyl (C=O) groups is 6. The zero-order valence-corrected chi connectivity index (χ0v) is 31.1. The van der Waals surface area contributed by atoms with Gasteiger partial charge in [0.15, 0.2) is 0 Å². The van der Waals surface area contributed by atoms with Gasteiger partial charge in [0.2, 0.25) is 29.5 Å². The van der Waals surface area contributed by atoms with E-state index in [0.29, 0.717) is 131 Å². The molecule has 0 saturated heterocycles. The number of nitrogens with one attached hydrogen (secondary N) is 5. The summed E-state index contributed by atoms with van der Waals surface area (Å²) in [5, 5.41) is 13.9. The van der Waals surface area contributed by atoms with Gasteiger partial charge >= 0.3 is 0 Å². The maximum absolute atomic E-state index is 12.6. The average molecular weight is 739 g/mol. The Morgan fingerprint density at radius 2 is 0.750 bits per heavy atom. The van der Waals surface area contributed by atoms with Crippen molar-refractivity contribution in [2.75, 3.05) is 118 Å². The Balaban J connectivity index is 4.76. The summed E-state index contributed by atoms with van der Waals surface area (Å²) in [5.41, 5.74) is 21.8. The monoisotopic (exact) mass is 739 g/mol. The van der Waals surface area contributed by atoms with Gasteiger partial charge in [-0.25, -0.2) is 0 Å². The van der Waals surface area contributed by atoms with Crippen LogP contribution in [0.1, 0.15) is 51.4 Å². The topological polar surface area (TPSA) is 276 Å². The standard InChI is InChI=1S/C34H66N12O6/c1-2-20-44(22-6-33(51)42-18-27-45(21-5-29(47)4-3-11-35)24-8-30(48)39-15-12-36)23-7-34(52)43-19-28-46(25-9-31(49)40-16-13-37)26-10-32(50)41-17-14-38/h1H,3-28,35-38H2,(H,39,48)(H,40,49)(H,41,50)(H,42,51)(H,43,52). The summed E-state index contributed by atoms with van der Waals surface area (Å²) < 4.78 is 0. The number of nitrogens with two attached hydrogens (primary N) is 4. The molecule has 0 aliphatic carbocycles. The van der Waals surface area contributed by atoms with Gasteiger partial charge in [-0.15, -0.1) is 6.42 Å². The lowest BCUT2D eigenvalue weighted by atomic mass is 10.1. The first kappa shape index (κ1) is 48.3. The summed E-state index contributed by atoms with van der Waals surface area (Å²) in [6.45, 7) is 6.93. The molecular formula is C34H66N12O6. The van der Waals surface area contributed by atoms with Gasteiger partial charge in [-0.2, -0.15) is 0 Å². The summed E-state index contributed by atoms with van der Waals surface area (Å²) in [4.78, 5) is 79.4. The van der Waals surface area contributed by atoms with Crippen molar-refractivity contribution in [3.05, 3.63) is 0 Å². The van der Waals surface area contributed by atoms with Crippen LogP contribution in [0, 0.1) is 12.3 Å². The number of Topliss-reactive ketones (excluding diaryl/α,β-unsaturated/α-hetero) is 1. The van der Waals surface area contributed by atoms with Crippen LogP contribution in [-0.2, 0) is 28.8 Å². The minimum Gasteiger partial charge on any atom is -0.355 e. The molecule has 0 aliphatic rings. The maximum Gasteiger partial charge on any atom is 0.221 e. The number of hydrogen-bond acceptors (Lipinski definition) is 13. The highest BCUT2D eigenvalue weighted by atomic mass is 16.2. The fourth-order valence-electron chi connectivity index (χ4n) is 4.86. The van der Waals surface area contributed by atoms with Crippen LogP contribution in [0.25, 0.3) is 0 Å². The molecule has 0 bridgehead atoms. The third-order valence-electron chi connectivity index (χ3n) is 7.86. The molecule has 13 N–H and O–H groups in total. The minimum atomic E-state index is -0.189. The zero-order chi connectivity index (χ0) is 38.8. The molecule has 0 atom stereocenters. The van der Waals surface area contributed by atoms with Gasteiger partial charge in [0.1, 0.15) is 5.78 Å². The summed E-state index contributed by atoms with van der Waals surface area (Å²) >= 11 is 0. The number of terminal acetylenes is 1. The molecule has 18 heteroatoms. The van der Waals surface area contributed by atoms with Gasteiger partial charge in [0.05, 0.1) is 6.54 Å². The van der Waals surface area contributed by atoms with Gasteiger partial charge in [-0.1, -0.05) is 5.92 Å². The van der Waals surface area contributed by atoms with Gasteiger partial charge in [0.25, 0.3) is 0 Å². The van der Waals surface area contributed by atoms with Crippen molar-refractivity contribution in [1.29, 1.82) is 0 Å². The molecule has 0 aromatic carbocycles. The van der Waals surface area contributed by atoms with Crippen molar-refractivity contribution in [2.45, 2.75) is 51.4 Å². The summed E-state index contributed by atoms with van der Waals surface area (Å²) in [7, 11) is 0. The van der Waals surface area contributed by atoms with Crippen LogP contribution in [0.4, 0.5) is 0 Å². The van der Waals surface area contributed by atoms with E-state index in [9.17, 15) is 28.8 Å². The molecule has 0 spiro atoms. The molecule has 52 heavy (non-hydrogen) atoms. The molecule has 0 aromatic rings. The van der Waals surface area contributed by atoms with Crippen molar-refractivity contribution in [3.8, 4) is 12.3 Å². The van der Waals surface area contributed by atoms with Crippen molar-refractivity contribution < 1.29 is 28.8 Å². The number of nitrogens with zero attached hydrogens (tertiary/aromatic N) is 3. The van der Waals surface area contributed by atoms with E-state index < -0.39 is 0 Å². The molecule has 0 aliphatic heterocycles. The minimum absolute atomic E-state index is 0.108. The Bertz CT molecular complexity index is 952. The number of rotatable bonds is 34. The second-order valence-electron chi connectivity index (χ2n) is 12.2. The van der Waals surface area contributed by atoms with E-state index in [2.05, 4.69) is 32.5 Å². The van der Waals surface area contributed by atoms with E-state index in [1.165, 1.54) is 0 Å². The first-order valence-corrected chi connectivity index (χ1v) is 18.3. The van der Waals surface area contributed by atoms with Crippen LogP contribution in [0.3, 0.4) is 0 Å². The predicted octanol–water partition coefficient (Wildman–Crippen LogP) is -4.37. The number of amides is 5. The molecular weight excluding hydrogens is 672 g/mol. The Kier molecular flexibility index (Phi) is 30.8. The number of hydrogen-bond donors (Lipinski definition) is 9. The zero-order valence-electron chi connectivity index (χ0n) is 31.1. The summed E-state index contributed by atoms with van der Waals surface area (Å²) in [5.74, 6) is 1.90. The van der Waals surface area contributed by atoms with E-state index in [0.717, 1.165) is 0 Å². The van der Waals surface area contributed by atoms with E-state index in [1.807, 2.05) is 14.7 Å². The maximum atomic E-state index is 12.6. The first-order valence-electron chi connectivity index (χ1n) is 18.3. The fraction of sp³-hybridized carbons (Fsp3) is 0.765. The molecule has 18 nitrogen and oxygen atoms in total. The van der Waals surface area contributed by atoms with Crippen LogP contribution in [0.15, 0.2) is 0 Å². The van der Waals surface area contributed by atoms with Crippen LogP contribution in [0.5, 0.6) is 0 Å². The SMILES string of the molecule is C#CCN(CCC(=O)NCCN(CCC(=O)CCCN)CCC(=O)NCCN)CCC(=O)NCCN(CCC(=O)NCCN)CCC(=O)NCCN. The Labute approximate surface area is 309 Å². The van der Waals surface area contributed by atoms with Gasteiger partial charge in [-0.3, -0.25) is 33.7 Å². The van der Waals surface area contributed by atoms with Crippen LogP contribution in [0.2, 0.25) is 0 Å². The van der Waals surface area contributed by atoms with Crippen molar-refractivity contribution >= 4 is 35.3 Å². The lowest BCUT2D eigenvalue weighted by Gasteiger charge is -2.23. The first-order chi connectivity index (χ1) is 25.1. The third kappa shape index (κ3) is 28.9. The summed E-state index contributed by atoms with van der Waals surface area (Å²) in [6, 6.07) is 0. The lowest BCUT2D eigenvalue weighted by Crippen LogP contribution is -2.41. The number of ketones is 1. The van der Waals surface area contributed by atoms with Crippen molar-refractivity contribution in [1.82, 2.24) is 41.3 Å². The normalized spacial score (nSPS) is 11.0. The Morgan fingerprint density at radius 1 is 0.423 bits per heavy atom. The fourth-order valence-corrected chi connectivity index (χ4v) is 4.86. The molecule has 0 aromatic heterocycles. The van der Waals surface area contributed by atoms with E-state index in [1.54, 1.807) is 0 Å². The van der Waals surface area contributed by atoms with E-state index in [-0.39, 0.29) is 74.0 Å². The van der Waals surface area contributed by atoms with Crippen LogP contribution in [-0.4, -0.2) is 168 Å². The predicted molar refractivity (Wildman–Crippen MR) is 201 cm³/mol. The summed E-state index contributed by atoms with van der Waals surface area (Å²) in [6.07, 6.45) is 7.99. The molecule has 0 radical (unpaired) electrons. The lowest BCUT2D eigenvalue weighted by molar-refractivity contribution is -0.123. The largest absolute Gasteiger partial charge is 0.355 e. The molecule has 0 saturated carbocycles. The second-order valence-corrected chi connectivity index (χ2v) is 12.2. The van der Waals surface area contributed by atoms with E-state index in [4.69, 9.17) is 29.4 Å². The van der Waals surface area contributed by atoms with Crippen LogP contribution < -0.4 is 49.5 Å². The Morgan fingerprint density at radius 3 is 1.08 bits per heavy atom. The Hall–Kier alpha value is -3.70. The van der Waals surface area contributed by atoms with Crippen LogP contribution >= 0.6 is 0 Å². The second kappa shape index (κ2) is 33.2. The van der Waals surface area contributed by atoms with Crippen molar-refractivity contribution in [3.63, 3.8) is 0 Å². The van der Waals surface area contributed by atoms with Crippen molar-refractivity contribution in [2.24, 2.45) is 22.9 Å². The average Bonchev–Trinajstić information content (AvgIpc) is 3.13. The molecule has 0 heterocycles. The van der Waals surface area contributed by atoms with Gasteiger partial charge < -0.3 is 59.3 Å². The third-order valence-corrected chi connectivity index (χ3v) is 7.86. The molecule has 5 amide bonds. The molecule has 0 rings (SSSR count). The molecule has 298 valence electrons. The highest BCUT2D eigenvalue weighted by Crippen LogP contribution is 2.01. The molecule has 0 fully saturated rings. The number of carbonyl (C=O) groups excluding carboxylic acids is 6.